The fourth-order valence-corrected chi connectivity index (χ4v) is 2.99. The Morgan fingerprint density at radius 3 is 2.46 bits per heavy atom. The first kappa shape index (κ1) is 19.2. The third-order valence-electron chi connectivity index (χ3n) is 4.49. The molecule has 1 amide bonds. The number of hydrogen-bond donors (Lipinski definition) is 1. The number of amides is 1. The molecule has 0 aliphatic rings. The lowest BCUT2D eigenvalue weighted by Gasteiger charge is -2.13. The minimum Gasteiger partial charge on any atom is -0.493 e. The Morgan fingerprint density at radius 2 is 1.75 bits per heavy atom. The van der Waals surface area contributed by atoms with Crippen molar-refractivity contribution < 1.29 is 14.3 Å². The molecule has 0 radical (unpaired) electrons. The number of nitrogens with one attached hydrogen (secondary N) is 1. The lowest BCUT2D eigenvalue weighted by Crippen LogP contribution is -2.41. The first-order chi connectivity index (χ1) is 13.5. The van der Waals surface area contributed by atoms with Crippen molar-refractivity contribution in [3.05, 3.63) is 68.9 Å². The number of fused-ring (bicyclic) bond motifs is 1. The van der Waals surface area contributed by atoms with E-state index >= 15 is 0 Å². The maximum absolute atomic E-state index is 12.5. The highest BCUT2D eigenvalue weighted by molar-refractivity contribution is 5.81. The first-order valence-corrected chi connectivity index (χ1v) is 8.62. The molecule has 0 fully saturated rings. The molecule has 3 rings (SSSR count). The van der Waals surface area contributed by atoms with E-state index in [-0.39, 0.29) is 24.6 Å². The van der Waals surface area contributed by atoms with Gasteiger partial charge in [-0.15, -0.1) is 0 Å². The van der Waals surface area contributed by atoms with Gasteiger partial charge in [0.1, 0.15) is 6.54 Å². The number of para-hydroxylation sites is 1. The molecule has 0 unspecified atom stereocenters. The number of rotatable bonds is 6. The maximum atomic E-state index is 12.5. The first-order valence-electron chi connectivity index (χ1n) is 8.62. The summed E-state index contributed by atoms with van der Waals surface area (Å²) in [6.07, 6.45) is 0. The number of hydrogen-bond acceptors (Lipinski definition) is 5. The van der Waals surface area contributed by atoms with Crippen molar-refractivity contribution in [1.29, 1.82) is 0 Å². The second-order valence-electron chi connectivity index (χ2n) is 6.22. The fraction of sp³-hybridized carbons (Fsp3) is 0.250. The van der Waals surface area contributed by atoms with Crippen molar-refractivity contribution in [2.45, 2.75) is 13.1 Å². The number of aromatic nitrogens is 2. The van der Waals surface area contributed by atoms with Crippen LogP contribution in [0.3, 0.4) is 0 Å². The Hall–Kier alpha value is -3.55. The molecular formula is C20H21N3O5. The SMILES string of the molecule is COc1ccc(CNC(=O)Cn2c(=O)n(C)c(=O)c3ccccc32)cc1OC. The smallest absolute Gasteiger partial charge is 0.331 e. The number of ether oxygens (including phenoxy) is 2. The van der Waals surface area contributed by atoms with Crippen LogP contribution in [0.15, 0.2) is 52.1 Å². The van der Waals surface area contributed by atoms with Crippen molar-refractivity contribution in [1.82, 2.24) is 14.5 Å². The third kappa shape index (κ3) is 3.62. The summed E-state index contributed by atoms with van der Waals surface area (Å²) < 4.78 is 12.7. The van der Waals surface area contributed by atoms with Gasteiger partial charge in [0, 0.05) is 13.6 Å². The van der Waals surface area contributed by atoms with Crippen LogP contribution in [-0.4, -0.2) is 29.3 Å². The fourth-order valence-electron chi connectivity index (χ4n) is 2.99. The topological polar surface area (TPSA) is 91.6 Å². The van der Waals surface area contributed by atoms with Crippen LogP contribution in [0.1, 0.15) is 5.56 Å². The van der Waals surface area contributed by atoms with Crippen LogP contribution in [0.5, 0.6) is 11.5 Å². The van der Waals surface area contributed by atoms with Gasteiger partial charge in [0.25, 0.3) is 5.56 Å². The van der Waals surface area contributed by atoms with Gasteiger partial charge in [0.15, 0.2) is 11.5 Å². The summed E-state index contributed by atoms with van der Waals surface area (Å²) >= 11 is 0. The highest BCUT2D eigenvalue weighted by Crippen LogP contribution is 2.27. The predicted molar refractivity (Wildman–Crippen MR) is 105 cm³/mol. The van der Waals surface area contributed by atoms with Crippen LogP contribution in [0.2, 0.25) is 0 Å². The van der Waals surface area contributed by atoms with Crippen LogP contribution in [0.4, 0.5) is 0 Å². The molecule has 2 aromatic carbocycles. The molecule has 146 valence electrons. The van der Waals surface area contributed by atoms with Crippen molar-refractivity contribution in [2.75, 3.05) is 14.2 Å². The van der Waals surface area contributed by atoms with Crippen molar-refractivity contribution in [3.63, 3.8) is 0 Å². The number of benzene rings is 2. The Bertz CT molecular complexity index is 1150. The van der Waals surface area contributed by atoms with E-state index < -0.39 is 5.69 Å². The number of carbonyl (C=O) groups is 1. The zero-order valence-electron chi connectivity index (χ0n) is 15.9. The van der Waals surface area contributed by atoms with Crippen LogP contribution in [-0.2, 0) is 24.9 Å². The standard InChI is InChI=1S/C20H21N3O5/c1-22-19(25)14-6-4-5-7-15(14)23(20(22)26)12-18(24)21-11-13-8-9-16(27-2)17(10-13)28-3/h4-10H,11-12H2,1-3H3,(H,21,24). The van der Waals surface area contributed by atoms with Gasteiger partial charge in [-0.2, -0.15) is 0 Å². The van der Waals surface area contributed by atoms with Crippen LogP contribution in [0.25, 0.3) is 10.9 Å². The molecule has 8 heteroatoms. The lowest BCUT2D eigenvalue weighted by atomic mass is 10.2. The van der Waals surface area contributed by atoms with E-state index in [1.165, 1.54) is 18.7 Å². The molecule has 0 bridgehead atoms. The van der Waals surface area contributed by atoms with Crippen molar-refractivity contribution in [2.24, 2.45) is 7.05 Å². The Kier molecular flexibility index (Phi) is 5.49. The molecule has 3 aromatic rings. The Labute approximate surface area is 160 Å². The molecule has 0 spiro atoms. The molecule has 0 aliphatic carbocycles. The second-order valence-corrected chi connectivity index (χ2v) is 6.22. The lowest BCUT2D eigenvalue weighted by molar-refractivity contribution is -0.121. The van der Waals surface area contributed by atoms with Crippen LogP contribution in [0, 0.1) is 0 Å². The van der Waals surface area contributed by atoms with E-state index in [2.05, 4.69) is 5.32 Å². The maximum Gasteiger partial charge on any atom is 0.331 e. The summed E-state index contributed by atoms with van der Waals surface area (Å²) in [5.74, 6) is 0.816. The summed E-state index contributed by atoms with van der Waals surface area (Å²) in [7, 11) is 4.49. The predicted octanol–water partition coefficient (Wildman–Crippen LogP) is 1.03. The minimum atomic E-state index is -0.537. The quantitative estimate of drug-likeness (QED) is 0.687. The zero-order valence-corrected chi connectivity index (χ0v) is 15.9. The molecule has 28 heavy (non-hydrogen) atoms. The van der Waals surface area contributed by atoms with Gasteiger partial charge in [0.2, 0.25) is 5.91 Å². The van der Waals surface area contributed by atoms with Gasteiger partial charge < -0.3 is 14.8 Å². The van der Waals surface area contributed by atoms with Gasteiger partial charge in [-0.1, -0.05) is 18.2 Å². The molecule has 1 aromatic heterocycles. The molecule has 8 nitrogen and oxygen atoms in total. The zero-order chi connectivity index (χ0) is 20.3. The molecule has 0 atom stereocenters. The average Bonchev–Trinajstić information content (AvgIpc) is 2.73. The third-order valence-corrected chi connectivity index (χ3v) is 4.49. The minimum absolute atomic E-state index is 0.194. The monoisotopic (exact) mass is 383 g/mol. The number of methoxy groups -OCH3 is 2. The Balaban J connectivity index is 1.81. The average molecular weight is 383 g/mol. The van der Waals surface area contributed by atoms with Gasteiger partial charge in [0.05, 0.1) is 25.1 Å². The molecular weight excluding hydrogens is 362 g/mol. The van der Waals surface area contributed by atoms with E-state index in [4.69, 9.17) is 9.47 Å². The largest absolute Gasteiger partial charge is 0.493 e. The number of nitrogens with zero attached hydrogens (tertiary/aromatic N) is 2. The van der Waals surface area contributed by atoms with Gasteiger partial charge in [-0.3, -0.25) is 18.7 Å². The molecule has 0 saturated heterocycles. The number of carbonyl (C=O) groups excluding carboxylic acids is 1. The summed E-state index contributed by atoms with van der Waals surface area (Å²) in [4.78, 5) is 37.2. The van der Waals surface area contributed by atoms with Gasteiger partial charge in [-0.25, -0.2) is 4.79 Å². The molecule has 0 aliphatic heterocycles. The van der Waals surface area contributed by atoms with E-state index in [1.54, 1.807) is 43.5 Å². The van der Waals surface area contributed by atoms with E-state index in [1.807, 2.05) is 6.07 Å². The normalized spacial score (nSPS) is 10.7. The van der Waals surface area contributed by atoms with E-state index in [0.717, 1.165) is 10.1 Å². The highest BCUT2D eigenvalue weighted by atomic mass is 16.5. The van der Waals surface area contributed by atoms with Gasteiger partial charge >= 0.3 is 5.69 Å². The summed E-state index contributed by atoms with van der Waals surface area (Å²) in [6.45, 7) is 0.0678. The van der Waals surface area contributed by atoms with Crippen molar-refractivity contribution >= 4 is 16.8 Å². The van der Waals surface area contributed by atoms with Crippen LogP contribution >= 0.6 is 0 Å². The van der Waals surface area contributed by atoms with Crippen LogP contribution < -0.4 is 26.0 Å². The Morgan fingerprint density at radius 1 is 1.04 bits per heavy atom. The molecule has 1 heterocycles. The molecule has 1 N–H and O–H groups in total. The summed E-state index contributed by atoms with van der Waals surface area (Å²) in [5.41, 5.74) is 0.327. The highest BCUT2D eigenvalue weighted by Gasteiger charge is 2.13. The summed E-state index contributed by atoms with van der Waals surface area (Å²) in [5, 5.41) is 3.17. The molecule has 0 saturated carbocycles. The summed E-state index contributed by atoms with van der Waals surface area (Å²) in [6, 6.07) is 12.1. The van der Waals surface area contributed by atoms with E-state index in [0.29, 0.717) is 22.4 Å². The van der Waals surface area contributed by atoms with E-state index in [9.17, 15) is 14.4 Å². The van der Waals surface area contributed by atoms with Crippen molar-refractivity contribution in [3.8, 4) is 11.5 Å². The van der Waals surface area contributed by atoms with Gasteiger partial charge in [-0.05, 0) is 29.8 Å². The second kappa shape index (κ2) is 7.99.